The predicted molar refractivity (Wildman–Crippen MR) is 84.7 cm³/mol. The number of methoxy groups -OCH3 is 1. The van der Waals surface area contributed by atoms with Crippen LogP contribution in [0.1, 0.15) is 10.4 Å². The number of rotatable bonds is 5. The first-order chi connectivity index (χ1) is 9.61. The van der Waals surface area contributed by atoms with Gasteiger partial charge in [-0.3, -0.25) is 4.79 Å². The number of benzene rings is 2. The Morgan fingerprint density at radius 2 is 1.80 bits per heavy atom. The molecule has 0 heterocycles. The second-order valence-corrected chi connectivity index (χ2v) is 5.37. The summed E-state index contributed by atoms with van der Waals surface area (Å²) in [4.78, 5) is 14.1. The van der Waals surface area contributed by atoms with Crippen LogP contribution < -0.4 is 9.64 Å². The molecule has 3 nitrogen and oxygen atoms in total. The van der Waals surface area contributed by atoms with Gasteiger partial charge in [0.25, 0.3) is 0 Å². The van der Waals surface area contributed by atoms with E-state index >= 15 is 0 Å². The zero-order valence-corrected chi connectivity index (χ0v) is 13.1. The number of hydrogen-bond donors (Lipinski definition) is 0. The van der Waals surface area contributed by atoms with Crippen LogP contribution in [0.2, 0.25) is 0 Å². The van der Waals surface area contributed by atoms with Crippen molar-refractivity contribution in [3.05, 3.63) is 58.6 Å². The minimum atomic E-state index is 0.0749. The average Bonchev–Trinajstić information content (AvgIpc) is 2.47. The number of carbonyl (C=O) groups is 1. The van der Waals surface area contributed by atoms with Gasteiger partial charge in [-0.05, 0) is 24.3 Å². The third kappa shape index (κ3) is 3.39. The number of para-hydroxylation sites is 2. The van der Waals surface area contributed by atoms with Gasteiger partial charge in [-0.25, -0.2) is 0 Å². The van der Waals surface area contributed by atoms with Gasteiger partial charge in [-0.1, -0.05) is 40.2 Å². The molecule has 0 amide bonds. The fraction of sp³-hybridized carbons (Fsp3) is 0.188. The van der Waals surface area contributed by atoms with E-state index in [9.17, 15) is 4.79 Å². The van der Waals surface area contributed by atoms with Gasteiger partial charge in [0.1, 0.15) is 5.75 Å². The molecular weight excluding hydrogens is 318 g/mol. The first-order valence-electron chi connectivity index (χ1n) is 6.24. The van der Waals surface area contributed by atoms with Crippen LogP contribution in [0.25, 0.3) is 0 Å². The molecule has 2 rings (SSSR count). The predicted octanol–water partition coefficient (Wildman–Crippen LogP) is 3.78. The Morgan fingerprint density at radius 3 is 2.45 bits per heavy atom. The Hall–Kier alpha value is -1.81. The van der Waals surface area contributed by atoms with Crippen LogP contribution in [0.5, 0.6) is 5.75 Å². The third-order valence-corrected chi connectivity index (χ3v) is 3.57. The van der Waals surface area contributed by atoms with Crippen molar-refractivity contribution >= 4 is 27.4 Å². The van der Waals surface area contributed by atoms with Crippen LogP contribution in [0.4, 0.5) is 5.69 Å². The summed E-state index contributed by atoms with van der Waals surface area (Å²) >= 11 is 3.36. The maximum Gasteiger partial charge on any atom is 0.182 e. The molecule has 0 aliphatic carbocycles. The lowest BCUT2D eigenvalue weighted by Crippen LogP contribution is -2.26. The number of Topliss-reactive ketones (excluding diaryl/α,β-unsaturated/α-hetero) is 1. The molecule has 0 unspecified atom stereocenters. The number of nitrogens with zero attached hydrogens (tertiary/aromatic N) is 1. The highest BCUT2D eigenvalue weighted by atomic mass is 79.9. The number of carbonyl (C=O) groups excluding carboxylic acids is 1. The summed E-state index contributed by atoms with van der Waals surface area (Å²) in [6, 6.07) is 15.0. The summed E-state index contributed by atoms with van der Waals surface area (Å²) in [5.74, 6) is 0.838. The van der Waals surface area contributed by atoms with Crippen LogP contribution in [-0.4, -0.2) is 26.5 Å². The van der Waals surface area contributed by atoms with Gasteiger partial charge in [0, 0.05) is 17.1 Å². The zero-order valence-electron chi connectivity index (χ0n) is 11.5. The van der Waals surface area contributed by atoms with Gasteiger partial charge in [0.2, 0.25) is 0 Å². The molecular formula is C16H16BrNO2. The molecule has 0 spiro atoms. The van der Waals surface area contributed by atoms with Gasteiger partial charge >= 0.3 is 0 Å². The molecule has 0 aliphatic rings. The van der Waals surface area contributed by atoms with Gasteiger partial charge in [-0.15, -0.1) is 0 Å². The van der Waals surface area contributed by atoms with Crippen LogP contribution in [0.15, 0.2) is 53.0 Å². The molecule has 0 bridgehead atoms. The summed E-state index contributed by atoms with van der Waals surface area (Å²) in [7, 11) is 3.51. The van der Waals surface area contributed by atoms with Gasteiger partial charge in [-0.2, -0.15) is 0 Å². The lowest BCUT2D eigenvalue weighted by atomic mass is 10.1. The van der Waals surface area contributed by atoms with E-state index in [4.69, 9.17) is 4.74 Å². The minimum absolute atomic E-state index is 0.0749. The molecule has 0 radical (unpaired) electrons. The van der Waals surface area contributed by atoms with Crippen LogP contribution in [0, 0.1) is 0 Å². The van der Waals surface area contributed by atoms with Gasteiger partial charge in [0.15, 0.2) is 5.78 Å². The summed E-state index contributed by atoms with van der Waals surface area (Å²) in [5, 5.41) is 0. The largest absolute Gasteiger partial charge is 0.495 e. The third-order valence-electron chi connectivity index (χ3n) is 3.04. The molecule has 0 N–H and O–H groups in total. The lowest BCUT2D eigenvalue weighted by molar-refractivity contribution is 0.100. The van der Waals surface area contributed by atoms with Crippen molar-refractivity contribution in [2.24, 2.45) is 0 Å². The van der Waals surface area contributed by atoms with Crippen molar-refractivity contribution < 1.29 is 9.53 Å². The second-order valence-electron chi connectivity index (χ2n) is 4.46. The summed E-state index contributed by atoms with van der Waals surface area (Å²) in [6.07, 6.45) is 0. The zero-order chi connectivity index (χ0) is 14.5. The fourth-order valence-electron chi connectivity index (χ4n) is 1.97. The maximum absolute atomic E-state index is 12.2. The van der Waals surface area contributed by atoms with E-state index in [0.29, 0.717) is 12.1 Å². The molecule has 0 fully saturated rings. The van der Waals surface area contributed by atoms with E-state index in [1.54, 1.807) is 7.11 Å². The molecule has 0 saturated heterocycles. The van der Waals surface area contributed by atoms with Crippen molar-refractivity contribution in [1.29, 1.82) is 0 Å². The standard InChI is InChI=1S/C16H16BrNO2/c1-18(14-5-3-4-6-16(14)20-2)11-15(19)12-7-9-13(17)10-8-12/h3-10H,11H2,1-2H3. The van der Waals surface area contributed by atoms with E-state index < -0.39 is 0 Å². The van der Waals surface area contributed by atoms with Crippen LogP contribution in [0.3, 0.4) is 0 Å². The molecule has 2 aromatic carbocycles. The SMILES string of the molecule is COc1ccccc1N(C)CC(=O)c1ccc(Br)cc1. The Labute approximate surface area is 127 Å². The van der Waals surface area contributed by atoms with Crippen molar-refractivity contribution in [1.82, 2.24) is 0 Å². The van der Waals surface area contributed by atoms with Crippen LogP contribution >= 0.6 is 15.9 Å². The molecule has 104 valence electrons. The number of hydrogen-bond acceptors (Lipinski definition) is 3. The quantitative estimate of drug-likeness (QED) is 0.780. The molecule has 0 aromatic heterocycles. The average molecular weight is 334 g/mol. The molecule has 0 atom stereocenters. The van der Waals surface area contributed by atoms with Crippen molar-refractivity contribution in [2.45, 2.75) is 0 Å². The second kappa shape index (κ2) is 6.57. The monoisotopic (exact) mass is 333 g/mol. The Kier molecular flexibility index (Phi) is 4.79. The Balaban J connectivity index is 2.13. The van der Waals surface area contributed by atoms with E-state index in [2.05, 4.69) is 15.9 Å². The number of halogens is 1. The maximum atomic E-state index is 12.2. The van der Waals surface area contributed by atoms with E-state index in [-0.39, 0.29) is 5.78 Å². The normalized spacial score (nSPS) is 10.2. The highest BCUT2D eigenvalue weighted by Gasteiger charge is 2.12. The van der Waals surface area contributed by atoms with Gasteiger partial charge in [0.05, 0.1) is 19.3 Å². The fourth-order valence-corrected chi connectivity index (χ4v) is 2.24. The molecule has 2 aromatic rings. The topological polar surface area (TPSA) is 29.5 Å². The molecule has 0 aliphatic heterocycles. The molecule has 0 saturated carbocycles. The van der Waals surface area contributed by atoms with Crippen molar-refractivity contribution in [2.75, 3.05) is 25.6 Å². The number of anilines is 1. The van der Waals surface area contributed by atoms with Crippen LogP contribution in [-0.2, 0) is 0 Å². The molecule has 4 heteroatoms. The first kappa shape index (κ1) is 14.6. The lowest BCUT2D eigenvalue weighted by Gasteiger charge is -2.20. The van der Waals surface area contributed by atoms with Crippen molar-refractivity contribution in [3.8, 4) is 5.75 Å². The summed E-state index contributed by atoms with van der Waals surface area (Å²) in [5.41, 5.74) is 1.61. The first-order valence-corrected chi connectivity index (χ1v) is 7.04. The Bertz CT molecular complexity index is 596. The summed E-state index contributed by atoms with van der Waals surface area (Å²) in [6.45, 7) is 0.308. The smallest absolute Gasteiger partial charge is 0.182 e. The van der Waals surface area contributed by atoms with E-state index in [1.165, 1.54) is 0 Å². The molecule has 20 heavy (non-hydrogen) atoms. The number of likely N-dealkylation sites (N-methyl/N-ethyl adjacent to an activating group) is 1. The number of ketones is 1. The van der Waals surface area contributed by atoms with Gasteiger partial charge < -0.3 is 9.64 Å². The highest BCUT2D eigenvalue weighted by Crippen LogP contribution is 2.26. The minimum Gasteiger partial charge on any atom is -0.495 e. The number of ether oxygens (including phenoxy) is 1. The summed E-state index contributed by atoms with van der Waals surface area (Å²) < 4.78 is 6.28. The Morgan fingerprint density at radius 1 is 1.15 bits per heavy atom. The highest BCUT2D eigenvalue weighted by molar-refractivity contribution is 9.10. The van der Waals surface area contributed by atoms with E-state index in [0.717, 1.165) is 15.9 Å². The van der Waals surface area contributed by atoms with Crippen molar-refractivity contribution in [3.63, 3.8) is 0 Å². The van der Waals surface area contributed by atoms with E-state index in [1.807, 2.05) is 60.5 Å².